The fourth-order valence-electron chi connectivity index (χ4n) is 11.2. The van der Waals surface area contributed by atoms with Gasteiger partial charge in [-0.25, -0.2) is 9.97 Å². The Hall–Kier alpha value is -9.27. The third kappa shape index (κ3) is 5.00. The molecular formula is C60H38N8. The predicted octanol–water partition coefficient (Wildman–Crippen LogP) is 14.4. The van der Waals surface area contributed by atoms with Crippen LogP contribution in [0.25, 0.3) is 133 Å². The molecule has 0 saturated heterocycles. The molecule has 0 fully saturated rings. The van der Waals surface area contributed by atoms with Crippen LogP contribution in [-0.4, -0.2) is 37.8 Å². The second-order valence-electron chi connectivity index (χ2n) is 17.7. The Morgan fingerprint density at radius 2 is 0.794 bits per heavy atom. The number of hydrogen-bond donors (Lipinski definition) is 0. The van der Waals surface area contributed by atoms with Gasteiger partial charge in [0.1, 0.15) is 5.52 Å². The third-order valence-electron chi connectivity index (χ3n) is 14.1. The van der Waals surface area contributed by atoms with Crippen molar-refractivity contribution in [1.82, 2.24) is 37.8 Å². The van der Waals surface area contributed by atoms with E-state index in [1.54, 1.807) is 0 Å². The normalized spacial score (nSPS) is 12.2. The number of para-hydroxylation sites is 6. The van der Waals surface area contributed by atoms with Gasteiger partial charge in [-0.15, -0.1) is 0 Å². The van der Waals surface area contributed by atoms with Crippen LogP contribution in [0.4, 0.5) is 0 Å². The van der Waals surface area contributed by atoms with Crippen LogP contribution < -0.4 is 0 Å². The summed E-state index contributed by atoms with van der Waals surface area (Å²) < 4.78 is 11.7. The summed E-state index contributed by atoms with van der Waals surface area (Å²) in [5.74, 6) is 2.13. The molecule has 0 aliphatic rings. The molecule has 6 aromatic heterocycles. The molecule has 8 nitrogen and oxygen atoms in total. The van der Waals surface area contributed by atoms with E-state index in [0.717, 1.165) is 99.8 Å². The molecule has 318 valence electrons. The number of nitrogens with zero attached hydrogens (tertiary/aromatic N) is 8. The predicted molar refractivity (Wildman–Crippen MR) is 279 cm³/mol. The van der Waals surface area contributed by atoms with Gasteiger partial charge in [-0.3, -0.25) is 9.13 Å². The smallest absolute Gasteiger partial charge is 0.217 e. The SMILES string of the molecule is Cn1c(-n2c3ccccc3c3cc4c(cc32)c2ccccc2n4-c2ccccc2)nc2nc(-c3ccccc3)nc(-n3c4ccccc4c4ccc5c(c6ccccc6n5-c5ccccc5)c43)c21. The maximum absolute atomic E-state index is 5.62. The van der Waals surface area contributed by atoms with Gasteiger partial charge in [0.2, 0.25) is 5.95 Å². The van der Waals surface area contributed by atoms with Gasteiger partial charge in [-0.1, -0.05) is 146 Å². The Morgan fingerprint density at radius 3 is 1.41 bits per heavy atom. The lowest BCUT2D eigenvalue weighted by Gasteiger charge is -2.13. The monoisotopic (exact) mass is 870 g/mol. The van der Waals surface area contributed by atoms with E-state index in [4.69, 9.17) is 15.0 Å². The summed E-state index contributed by atoms with van der Waals surface area (Å²) in [5.41, 5.74) is 13.5. The van der Waals surface area contributed by atoms with E-state index < -0.39 is 0 Å². The molecule has 0 atom stereocenters. The van der Waals surface area contributed by atoms with Crippen molar-refractivity contribution in [1.29, 1.82) is 0 Å². The highest BCUT2D eigenvalue weighted by Gasteiger charge is 2.27. The summed E-state index contributed by atoms with van der Waals surface area (Å²) in [6.07, 6.45) is 0. The molecule has 15 aromatic rings. The first kappa shape index (κ1) is 37.0. The van der Waals surface area contributed by atoms with Gasteiger partial charge in [0.25, 0.3) is 0 Å². The Bertz CT molecular complexity index is 4550. The van der Waals surface area contributed by atoms with Gasteiger partial charge in [0, 0.05) is 67.1 Å². The number of benzene rings is 9. The molecule has 0 N–H and O–H groups in total. The van der Waals surface area contributed by atoms with Crippen LogP contribution in [0.2, 0.25) is 0 Å². The minimum atomic E-state index is 0.611. The van der Waals surface area contributed by atoms with E-state index >= 15 is 0 Å². The molecule has 0 bridgehead atoms. The fraction of sp³-hybridized carbons (Fsp3) is 0.0167. The molecular weight excluding hydrogens is 833 g/mol. The summed E-state index contributed by atoms with van der Waals surface area (Å²) in [5, 5.41) is 9.31. The number of aromatic nitrogens is 8. The summed E-state index contributed by atoms with van der Waals surface area (Å²) >= 11 is 0. The molecule has 15 rings (SSSR count). The third-order valence-corrected chi connectivity index (χ3v) is 14.1. The lowest BCUT2D eigenvalue weighted by molar-refractivity contribution is 0.864. The van der Waals surface area contributed by atoms with Gasteiger partial charge in [0.15, 0.2) is 17.3 Å². The van der Waals surface area contributed by atoms with E-state index in [2.05, 4.69) is 224 Å². The van der Waals surface area contributed by atoms with Crippen LogP contribution >= 0.6 is 0 Å². The zero-order chi connectivity index (χ0) is 44.6. The molecule has 9 aromatic carbocycles. The van der Waals surface area contributed by atoms with Gasteiger partial charge in [-0.05, 0) is 66.7 Å². The van der Waals surface area contributed by atoms with Crippen LogP contribution in [0.15, 0.2) is 212 Å². The van der Waals surface area contributed by atoms with Gasteiger partial charge >= 0.3 is 0 Å². The Balaban J connectivity index is 1.08. The van der Waals surface area contributed by atoms with Crippen LogP contribution in [0, 0.1) is 0 Å². The molecule has 0 spiro atoms. The van der Waals surface area contributed by atoms with Crippen molar-refractivity contribution < 1.29 is 0 Å². The van der Waals surface area contributed by atoms with Gasteiger partial charge in [0.05, 0.1) is 44.1 Å². The maximum atomic E-state index is 5.62. The fourth-order valence-corrected chi connectivity index (χ4v) is 11.2. The van der Waals surface area contributed by atoms with Crippen molar-refractivity contribution in [3.05, 3.63) is 212 Å². The Morgan fingerprint density at radius 1 is 0.324 bits per heavy atom. The molecule has 0 saturated carbocycles. The maximum Gasteiger partial charge on any atom is 0.217 e. The summed E-state index contributed by atoms with van der Waals surface area (Å²) in [7, 11) is 2.12. The topological polar surface area (TPSA) is 63.3 Å². The lowest BCUT2D eigenvalue weighted by atomic mass is 10.1. The van der Waals surface area contributed by atoms with E-state index in [0.29, 0.717) is 11.5 Å². The van der Waals surface area contributed by atoms with Crippen molar-refractivity contribution >= 4 is 98.4 Å². The first-order valence-electron chi connectivity index (χ1n) is 23.0. The Kier molecular flexibility index (Phi) is 7.55. The van der Waals surface area contributed by atoms with Crippen LogP contribution in [0.5, 0.6) is 0 Å². The second kappa shape index (κ2) is 13.9. The van der Waals surface area contributed by atoms with Crippen LogP contribution in [0.1, 0.15) is 0 Å². The van der Waals surface area contributed by atoms with Crippen molar-refractivity contribution in [2.45, 2.75) is 0 Å². The van der Waals surface area contributed by atoms with Crippen LogP contribution in [-0.2, 0) is 7.05 Å². The molecule has 0 unspecified atom stereocenters. The van der Waals surface area contributed by atoms with Gasteiger partial charge in [-0.2, -0.15) is 4.98 Å². The second-order valence-corrected chi connectivity index (χ2v) is 17.7. The van der Waals surface area contributed by atoms with Crippen molar-refractivity contribution in [3.8, 4) is 34.5 Å². The molecule has 0 aliphatic carbocycles. The minimum absolute atomic E-state index is 0.611. The summed E-state index contributed by atoms with van der Waals surface area (Å²) in [6, 6.07) is 75.8. The molecule has 0 amide bonds. The number of fused-ring (bicyclic) bond motifs is 14. The average molecular weight is 871 g/mol. The van der Waals surface area contributed by atoms with E-state index in [-0.39, 0.29) is 0 Å². The molecule has 68 heavy (non-hydrogen) atoms. The minimum Gasteiger partial charge on any atom is -0.309 e. The number of hydrogen-bond acceptors (Lipinski definition) is 3. The highest BCUT2D eigenvalue weighted by molar-refractivity contribution is 6.26. The first-order chi connectivity index (χ1) is 33.7. The molecule has 0 radical (unpaired) electrons. The largest absolute Gasteiger partial charge is 0.309 e. The average Bonchev–Trinajstić information content (AvgIpc) is 4.19. The van der Waals surface area contributed by atoms with E-state index in [1.165, 1.54) is 21.7 Å². The van der Waals surface area contributed by atoms with Crippen LogP contribution in [0.3, 0.4) is 0 Å². The first-order valence-corrected chi connectivity index (χ1v) is 23.0. The highest BCUT2D eigenvalue weighted by Crippen LogP contribution is 2.44. The van der Waals surface area contributed by atoms with Gasteiger partial charge < -0.3 is 13.7 Å². The standard InChI is InChI=1S/C60H38N8/c1-64-56-58(63-60(64)67-48-30-16-13-27-42(48)46-35-52-45(36-53(46)67)41-26-12-15-29-47(41)66(52)39-23-9-4-10-24-39)61-57(37-19-5-2-6-20-37)62-59(56)68-49-31-17-11-25-40(49)43-33-34-51-54(55(43)68)44-28-14-18-32-50(44)65(51)38-21-7-3-8-22-38/h2-36H,1H3. The lowest BCUT2D eigenvalue weighted by Crippen LogP contribution is -2.07. The molecule has 0 aliphatic heterocycles. The Labute approximate surface area is 388 Å². The van der Waals surface area contributed by atoms with Crippen molar-refractivity contribution in [2.75, 3.05) is 0 Å². The van der Waals surface area contributed by atoms with E-state index in [1.807, 2.05) is 18.2 Å². The number of rotatable bonds is 5. The summed E-state index contributed by atoms with van der Waals surface area (Å²) in [4.78, 5) is 16.5. The highest BCUT2D eigenvalue weighted by atomic mass is 15.3. The quantitative estimate of drug-likeness (QED) is 0.173. The number of aryl methyl sites for hydroxylation is 1. The zero-order valence-corrected chi connectivity index (χ0v) is 36.8. The zero-order valence-electron chi connectivity index (χ0n) is 36.8. The van der Waals surface area contributed by atoms with Crippen molar-refractivity contribution in [3.63, 3.8) is 0 Å². The molecule has 8 heteroatoms. The van der Waals surface area contributed by atoms with E-state index in [9.17, 15) is 0 Å². The van der Waals surface area contributed by atoms with Crippen molar-refractivity contribution in [2.24, 2.45) is 7.05 Å². The molecule has 6 heterocycles. The summed E-state index contributed by atoms with van der Waals surface area (Å²) in [6.45, 7) is 0. The number of imidazole rings is 1.